The zero-order valence-electron chi connectivity index (χ0n) is 14.2. The van der Waals surface area contributed by atoms with Gasteiger partial charge in [-0.25, -0.2) is 0 Å². The first-order valence-corrected chi connectivity index (χ1v) is 9.24. The van der Waals surface area contributed by atoms with Crippen LogP contribution in [-0.2, 0) is 0 Å². The second kappa shape index (κ2) is 7.39. The van der Waals surface area contributed by atoms with Gasteiger partial charge in [-0.2, -0.15) is 11.3 Å². The molecular formula is C21H15N3O2S. The van der Waals surface area contributed by atoms with Gasteiger partial charge < -0.3 is 10.6 Å². The average Bonchev–Trinajstić information content (AvgIpc) is 3.23. The Morgan fingerprint density at radius 2 is 1.78 bits per heavy atom. The number of carbonyl (C=O) groups is 2. The number of nitrogens with one attached hydrogen (secondary N) is 2. The van der Waals surface area contributed by atoms with Gasteiger partial charge in [0.05, 0.1) is 22.3 Å². The van der Waals surface area contributed by atoms with E-state index in [1.807, 2.05) is 29.6 Å². The third kappa shape index (κ3) is 3.70. The number of para-hydroxylation sites is 1. The van der Waals surface area contributed by atoms with Crippen molar-refractivity contribution in [2.75, 3.05) is 10.6 Å². The molecule has 2 aromatic carbocycles. The summed E-state index contributed by atoms with van der Waals surface area (Å²) in [6, 6.07) is 18.0. The second-order valence-electron chi connectivity index (χ2n) is 5.88. The molecule has 4 rings (SSSR count). The molecule has 0 aliphatic heterocycles. The average molecular weight is 373 g/mol. The second-order valence-corrected chi connectivity index (χ2v) is 6.66. The largest absolute Gasteiger partial charge is 0.322 e. The number of nitrogens with zero attached hydrogens (tertiary/aromatic N) is 1. The predicted molar refractivity (Wildman–Crippen MR) is 108 cm³/mol. The number of anilines is 2. The number of pyridine rings is 1. The van der Waals surface area contributed by atoms with Gasteiger partial charge >= 0.3 is 0 Å². The van der Waals surface area contributed by atoms with Gasteiger partial charge in [-0.15, -0.1) is 0 Å². The van der Waals surface area contributed by atoms with Crippen LogP contribution in [0.2, 0.25) is 0 Å². The summed E-state index contributed by atoms with van der Waals surface area (Å²) >= 11 is 1.45. The highest BCUT2D eigenvalue weighted by atomic mass is 32.1. The molecule has 0 aliphatic carbocycles. The van der Waals surface area contributed by atoms with Crippen molar-refractivity contribution < 1.29 is 9.59 Å². The molecule has 0 spiro atoms. The van der Waals surface area contributed by atoms with Gasteiger partial charge in [-0.1, -0.05) is 18.2 Å². The van der Waals surface area contributed by atoms with Gasteiger partial charge in [0.15, 0.2) is 0 Å². The summed E-state index contributed by atoms with van der Waals surface area (Å²) in [6.07, 6.45) is 1.73. The molecule has 0 atom stereocenters. The lowest BCUT2D eigenvalue weighted by atomic mass is 10.1. The molecule has 2 aromatic heterocycles. The Kier molecular flexibility index (Phi) is 4.63. The van der Waals surface area contributed by atoms with Crippen LogP contribution in [0, 0.1) is 0 Å². The lowest BCUT2D eigenvalue weighted by Gasteiger charge is -2.11. The molecule has 0 bridgehead atoms. The van der Waals surface area contributed by atoms with E-state index in [0.29, 0.717) is 22.5 Å². The van der Waals surface area contributed by atoms with Crippen molar-refractivity contribution in [1.29, 1.82) is 0 Å². The topological polar surface area (TPSA) is 71.1 Å². The molecule has 0 radical (unpaired) electrons. The third-order valence-corrected chi connectivity index (χ3v) is 4.75. The summed E-state index contributed by atoms with van der Waals surface area (Å²) in [5, 5.41) is 10.2. The van der Waals surface area contributed by atoms with Gasteiger partial charge in [0.25, 0.3) is 11.8 Å². The van der Waals surface area contributed by atoms with Crippen LogP contribution in [0.5, 0.6) is 0 Å². The number of carbonyl (C=O) groups excluding carboxylic acids is 2. The third-order valence-electron chi connectivity index (χ3n) is 4.06. The van der Waals surface area contributed by atoms with E-state index in [4.69, 9.17) is 0 Å². The molecule has 2 amide bonds. The van der Waals surface area contributed by atoms with Gasteiger partial charge in [0.2, 0.25) is 0 Å². The highest BCUT2D eigenvalue weighted by molar-refractivity contribution is 7.08. The quantitative estimate of drug-likeness (QED) is 0.540. The fraction of sp³-hybridized carbons (Fsp3) is 0. The van der Waals surface area contributed by atoms with Gasteiger partial charge in [-0.3, -0.25) is 14.6 Å². The van der Waals surface area contributed by atoms with E-state index >= 15 is 0 Å². The number of rotatable bonds is 4. The van der Waals surface area contributed by atoms with Crippen molar-refractivity contribution in [2.45, 2.75) is 0 Å². The standard InChI is InChI=1S/C21H15N3O2S/c25-20(15-9-11-27-13-15)24-19-6-2-1-5-17(19)21(26)23-16-7-8-18-14(12-16)4-3-10-22-18/h1-13H,(H,23,26)(H,24,25). The fourth-order valence-electron chi connectivity index (χ4n) is 2.73. The van der Waals surface area contributed by atoms with E-state index in [2.05, 4.69) is 15.6 Å². The zero-order valence-corrected chi connectivity index (χ0v) is 15.0. The molecule has 5 nitrogen and oxygen atoms in total. The normalized spacial score (nSPS) is 10.5. The Hall–Kier alpha value is -3.51. The van der Waals surface area contributed by atoms with Crippen LogP contribution in [0.4, 0.5) is 11.4 Å². The van der Waals surface area contributed by atoms with Crippen LogP contribution in [0.3, 0.4) is 0 Å². The van der Waals surface area contributed by atoms with E-state index in [0.717, 1.165) is 10.9 Å². The Morgan fingerprint density at radius 3 is 2.63 bits per heavy atom. The number of aromatic nitrogens is 1. The number of hydrogen-bond acceptors (Lipinski definition) is 4. The van der Waals surface area contributed by atoms with Crippen molar-refractivity contribution in [1.82, 2.24) is 4.98 Å². The van der Waals surface area contributed by atoms with Crippen LogP contribution in [0.15, 0.2) is 77.6 Å². The number of hydrogen-bond donors (Lipinski definition) is 2. The number of fused-ring (bicyclic) bond motifs is 1. The van der Waals surface area contributed by atoms with Gasteiger partial charge in [0.1, 0.15) is 0 Å². The summed E-state index contributed by atoms with van der Waals surface area (Å²) in [5.41, 5.74) is 2.96. The summed E-state index contributed by atoms with van der Waals surface area (Å²) in [7, 11) is 0. The minimum Gasteiger partial charge on any atom is -0.322 e. The maximum Gasteiger partial charge on any atom is 0.257 e. The predicted octanol–water partition coefficient (Wildman–Crippen LogP) is 4.80. The van der Waals surface area contributed by atoms with Crippen LogP contribution in [-0.4, -0.2) is 16.8 Å². The first-order valence-electron chi connectivity index (χ1n) is 8.29. The van der Waals surface area contributed by atoms with Crippen molar-refractivity contribution >= 4 is 45.4 Å². The molecule has 2 N–H and O–H groups in total. The highest BCUT2D eigenvalue weighted by Gasteiger charge is 2.14. The van der Waals surface area contributed by atoms with E-state index < -0.39 is 0 Å². The molecule has 2 heterocycles. The molecule has 132 valence electrons. The number of thiophene rings is 1. The van der Waals surface area contributed by atoms with E-state index in [1.165, 1.54) is 11.3 Å². The zero-order chi connectivity index (χ0) is 18.6. The number of amides is 2. The van der Waals surface area contributed by atoms with Gasteiger partial charge in [0, 0.05) is 22.7 Å². The van der Waals surface area contributed by atoms with Crippen molar-refractivity contribution in [3.05, 3.63) is 88.7 Å². The Morgan fingerprint density at radius 1 is 0.889 bits per heavy atom. The molecule has 0 saturated carbocycles. The molecule has 27 heavy (non-hydrogen) atoms. The van der Waals surface area contributed by atoms with Crippen LogP contribution in [0.1, 0.15) is 20.7 Å². The van der Waals surface area contributed by atoms with Crippen molar-refractivity contribution in [2.24, 2.45) is 0 Å². The maximum atomic E-state index is 12.8. The molecule has 0 aliphatic rings. The minimum atomic E-state index is -0.292. The monoisotopic (exact) mass is 373 g/mol. The Labute approximate surface area is 159 Å². The number of benzene rings is 2. The van der Waals surface area contributed by atoms with Crippen molar-refractivity contribution in [3.63, 3.8) is 0 Å². The molecule has 0 fully saturated rings. The van der Waals surface area contributed by atoms with Crippen LogP contribution in [0.25, 0.3) is 10.9 Å². The first kappa shape index (κ1) is 16.9. The first-order chi connectivity index (χ1) is 13.2. The van der Waals surface area contributed by atoms with E-state index in [-0.39, 0.29) is 11.8 Å². The summed E-state index contributed by atoms with van der Waals surface area (Å²) in [6.45, 7) is 0. The SMILES string of the molecule is O=C(Nc1ccccc1C(=O)Nc1ccc2ncccc2c1)c1ccsc1. The fourth-order valence-corrected chi connectivity index (χ4v) is 3.37. The molecular weight excluding hydrogens is 358 g/mol. The van der Waals surface area contributed by atoms with Crippen LogP contribution >= 0.6 is 11.3 Å². The summed E-state index contributed by atoms with van der Waals surface area (Å²) < 4.78 is 0. The van der Waals surface area contributed by atoms with Gasteiger partial charge in [-0.05, 0) is 47.8 Å². The minimum absolute atomic E-state index is 0.242. The molecule has 4 aromatic rings. The van der Waals surface area contributed by atoms with E-state index in [1.54, 1.807) is 48.0 Å². The highest BCUT2D eigenvalue weighted by Crippen LogP contribution is 2.21. The van der Waals surface area contributed by atoms with Crippen LogP contribution < -0.4 is 10.6 Å². The van der Waals surface area contributed by atoms with E-state index in [9.17, 15) is 9.59 Å². The smallest absolute Gasteiger partial charge is 0.257 e. The Bertz CT molecular complexity index is 1120. The van der Waals surface area contributed by atoms with Crippen molar-refractivity contribution in [3.8, 4) is 0 Å². The summed E-state index contributed by atoms with van der Waals surface area (Å²) in [5.74, 6) is -0.535. The lowest BCUT2D eigenvalue weighted by Crippen LogP contribution is -2.18. The Balaban J connectivity index is 1.57. The summed E-state index contributed by atoms with van der Waals surface area (Å²) in [4.78, 5) is 29.3. The lowest BCUT2D eigenvalue weighted by molar-refractivity contribution is 0.102. The molecule has 0 unspecified atom stereocenters. The molecule has 0 saturated heterocycles. The maximum absolute atomic E-state index is 12.8. The molecule has 6 heteroatoms.